The molecular formula is C21H29F3O4. The molecule has 0 aromatic heterocycles. The summed E-state index contributed by atoms with van der Waals surface area (Å²) in [6.45, 7) is 5.47. The van der Waals surface area contributed by atoms with Gasteiger partial charge in [0.1, 0.15) is 6.10 Å². The first-order chi connectivity index (χ1) is 13.1. The molecule has 1 rings (SSSR count). The largest absolute Gasteiger partial charge is 0.459 e. The van der Waals surface area contributed by atoms with Gasteiger partial charge in [0, 0.05) is 26.2 Å². The van der Waals surface area contributed by atoms with Crippen molar-refractivity contribution in [1.82, 2.24) is 0 Å². The Kier molecular flexibility index (Phi) is 9.17. The minimum Gasteiger partial charge on any atom is -0.459 e. The Labute approximate surface area is 164 Å². The first-order valence-electron chi connectivity index (χ1n) is 9.16. The van der Waals surface area contributed by atoms with Crippen LogP contribution in [0.2, 0.25) is 0 Å². The fraction of sp³-hybridized carbons (Fsp3) is 0.571. The number of methoxy groups -OCH3 is 2. The average molecular weight is 402 g/mol. The molecule has 0 saturated heterocycles. The van der Waals surface area contributed by atoms with Crippen LogP contribution >= 0.6 is 0 Å². The van der Waals surface area contributed by atoms with Crippen LogP contribution in [0.1, 0.15) is 39.2 Å². The molecule has 7 heteroatoms. The van der Waals surface area contributed by atoms with Gasteiger partial charge in [-0.25, -0.2) is 4.79 Å². The number of carbonyl (C=O) groups excluding carboxylic acids is 1. The molecule has 0 amide bonds. The van der Waals surface area contributed by atoms with E-state index in [0.29, 0.717) is 12.8 Å². The van der Waals surface area contributed by atoms with Crippen LogP contribution in [0.4, 0.5) is 13.2 Å². The first-order valence-corrected chi connectivity index (χ1v) is 9.16. The van der Waals surface area contributed by atoms with Gasteiger partial charge in [-0.15, -0.1) is 0 Å². The molecule has 0 spiro atoms. The predicted molar refractivity (Wildman–Crippen MR) is 101 cm³/mol. The van der Waals surface area contributed by atoms with Gasteiger partial charge in [0.2, 0.25) is 0 Å². The van der Waals surface area contributed by atoms with E-state index in [4.69, 9.17) is 14.2 Å². The highest BCUT2D eigenvalue weighted by molar-refractivity contribution is 5.82. The summed E-state index contributed by atoms with van der Waals surface area (Å²) in [4.78, 5) is 12.7. The fourth-order valence-corrected chi connectivity index (χ4v) is 2.68. The SMILES string of the molecule is CO[C@H](C)C/C=C\C[C@@H](OC(=O)[C@@](OC)(c1ccccc1)C(F)(F)F)C(C)C. The van der Waals surface area contributed by atoms with Crippen LogP contribution in [-0.4, -0.2) is 38.6 Å². The van der Waals surface area contributed by atoms with Crippen molar-refractivity contribution in [3.63, 3.8) is 0 Å². The van der Waals surface area contributed by atoms with Gasteiger partial charge < -0.3 is 14.2 Å². The molecule has 158 valence electrons. The van der Waals surface area contributed by atoms with Gasteiger partial charge in [-0.3, -0.25) is 0 Å². The quantitative estimate of drug-likeness (QED) is 0.407. The summed E-state index contributed by atoms with van der Waals surface area (Å²) in [6.07, 6.45) is -1.07. The van der Waals surface area contributed by atoms with Crippen molar-refractivity contribution in [2.45, 2.75) is 57.6 Å². The van der Waals surface area contributed by atoms with Crippen molar-refractivity contribution >= 4 is 5.97 Å². The lowest BCUT2D eigenvalue weighted by Gasteiger charge is -2.34. The van der Waals surface area contributed by atoms with Crippen LogP contribution in [-0.2, 0) is 24.6 Å². The summed E-state index contributed by atoms with van der Waals surface area (Å²) in [7, 11) is 2.46. The van der Waals surface area contributed by atoms with E-state index in [1.165, 1.54) is 24.3 Å². The Morgan fingerprint density at radius 2 is 1.61 bits per heavy atom. The molecule has 0 radical (unpaired) electrons. The molecule has 0 saturated carbocycles. The molecular weight excluding hydrogens is 373 g/mol. The first kappa shape index (κ1) is 24.2. The summed E-state index contributed by atoms with van der Waals surface area (Å²) < 4.78 is 57.1. The maximum Gasteiger partial charge on any atom is 0.432 e. The number of hydrogen-bond donors (Lipinski definition) is 0. The topological polar surface area (TPSA) is 44.8 Å². The van der Waals surface area contributed by atoms with Gasteiger partial charge in [-0.1, -0.05) is 56.3 Å². The Morgan fingerprint density at radius 3 is 2.07 bits per heavy atom. The molecule has 4 nitrogen and oxygen atoms in total. The molecule has 0 heterocycles. The van der Waals surface area contributed by atoms with Crippen molar-refractivity contribution in [3.05, 3.63) is 48.0 Å². The molecule has 0 N–H and O–H groups in total. The zero-order valence-corrected chi connectivity index (χ0v) is 17.0. The smallest absolute Gasteiger partial charge is 0.432 e. The normalized spacial score (nSPS) is 16.8. The number of alkyl halides is 3. The summed E-state index contributed by atoms with van der Waals surface area (Å²) in [5.41, 5.74) is -3.49. The predicted octanol–water partition coefficient (Wildman–Crippen LogP) is 5.03. The standard InChI is InChI=1S/C21H29F3O4/c1-15(2)18(14-10-9-11-16(3)26-4)28-19(25)20(27-5,21(22,23)24)17-12-7-6-8-13-17/h6-10,12-13,15-16,18H,11,14H2,1-5H3/b10-9-/t16-,18-,20+/m1/s1. The molecule has 3 atom stereocenters. The summed E-state index contributed by atoms with van der Waals surface area (Å²) in [5, 5.41) is 0. The Hall–Kier alpha value is -1.86. The number of benzene rings is 1. The number of halogens is 3. The Bertz CT molecular complexity index is 628. The highest BCUT2D eigenvalue weighted by Crippen LogP contribution is 2.43. The monoisotopic (exact) mass is 402 g/mol. The third-order valence-electron chi connectivity index (χ3n) is 4.58. The zero-order valence-electron chi connectivity index (χ0n) is 17.0. The molecule has 0 aliphatic heterocycles. The Morgan fingerprint density at radius 1 is 1.04 bits per heavy atom. The van der Waals surface area contributed by atoms with Crippen molar-refractivity contribution in [2.75, 3.05) is 14.2 Å². The van der Waals surface area contributed by atoms with Crippen molar-refractivity contribution in [2.24, 2.45) is 5.92 Å². The lowest BCUT2D eigenvalue weighted by molar-refractivity contribution is -0.278. The average Bonchev–Trinajstić information content (AvgIpc) is 2.64. The highest BCUT2D eigenvalue weighted by atomic mass is 19.4. The molecule has 1 aromatic carbocycles. The van der Waals surface area contributed by atoms with E-state index < -0.39 is 23.9 Å². The van der Waals surface area contributed by atoms with E-state index in [1.54, 1.807) is 33.1 Å². The van der Waals surface area contributed by atoms with Crippen molar-refractivity contribution in [1.29, 1.82) is 0 Å². The number of rotatable bonds is 10. The van der Waals surface area contributed by atoms with Gasteiger partial charge in [0.25, 0.3) is 5.60 Å². The second-order valence-corrected chi connectivity index (χ2v) is 6.93. The van der Waals surface area contributed by atoms with Crippen molar-refractivity contribution in [3.8, 4) is 0 Å². The van der Waals surface area contributed by atoms with E-state index in [1.807, 2.05) is 13.0 Å². The fourth-order valence-electron chi connectivity index (χ4n) is 2.68. The van der Waals surface area contributed by atoms with E-state index in [-0.39, 0.29) is 17.6 Å². The Balaban J connectivity index is 3.07. The summed E-state index contributed by atoms with van der Waals surface area (Å²) in [5.74, 6) is -1.64. The second kappa shape index (κ2) is 10.6. The molecule has 0 aliphatic carbocycles. The summed E-state index contributed by atoms with van der Waals surface area (Å²) in [6, 6.07) is 6.81. The molecule has 28 heavy (non-hydrogen) atoms. The molecule has 0 bridgehead atoms. The van der Waals surface area contributed by atoms with E-state index in [0.717, 1.165) is 7.11 Å². The minimum absolute atomic E-state index is 0.0285. The maximum absolute atomic E-state index is 13.9. The second-order valence-electron chi connectivity index (χ2n) is 6.93. The molecule has 1 aromatic rings. The lowest BCUT2D eigenvalue weighted by Crippen LogP contribution is -2.52. The van der Waals surface area contributed by atoms with Crippen LogP contribution in [0.3, 0.4) is 0 Å². The zero-order chi connectivity index (χ0) is 21.4. The lowest BCUT2D eigenvalue weighted by atomic mass is 9.92. The van der Waals surface area contributed by atoms with Gasteiger partial charge in [0.05, 0.1) is 6.10 Å². The van der Waals surface area contributed by atoms with Crippen molar-refractivity contribution < 1.29 is 32.2 Å². The van der Waals surface area contributed by atoms with E-state index in [2.05, 4.69) is 0 Å². The van der Waals surface area contributed by atoms with Crippen LogP contribution in [0.25, 0.3) is 0 Å². The van der Waals surface area contributed by atoms with E-state index >= 15 is 0 Å². The van der Waals surface area contributed by atoms with Gasteiger partial charge in [0.15, 0.2) is 0 Å². The minimum atomic E-state index is -4.98. The molecule has 0 aliphatic rings. The maximum atomic E-state index is 13.9. The number of hydrogen-bond acceptors (Lipinski definition) is 4. The third kappa shape index (κ3) is 5.82. The van der Waals surface area contributed by atoms with Gasteiger partial charge >= 0.3 is 12.1 Å². The van der Waals surface area contributed by atoms with Crippen LogP contribution in [0, 0.1) is 5.92 Å². The van der Waals surface area contributed by atoms with E-state index in [9.17, 15) is 18.0 Å². The van der Waals surface area contributed by atoms with Gasteiger partial charge in [-0.05, 0) is 19.3 Å². The number of esters is 1. The molecule has 0 unspecified atom stereocenters. The third-order valence-corrected chi connectivity index (χ3v) is 4.58. The highest BCUT2D eigenvalue weighted by Gasteiger charge is 2.64. The molecule has 0 fully saturated rings. The van der Waals surface area contributed by atoms with Crippen LogP contribution < -0.4 is 0 Å². The van der Waals surface area contributed by atoms with Crippen LogP contribution in [0.15, 0.2) is 42.5 Å². The number of ether oxygens (including phenoxy) is 3. The summed E-state index contributed by atoms with van der Waals surface area (Å²) >= 11 is 0. The van der Waals surface area contributed by atoms with Crippen LogP contribution in [0.5, 0.6) is 0 Å². The van der Waals surface area contributed by atoms with Gasteiger partial charge in [-0.2, -0.15) is 13.2 Å². The number of carbonyl (C=O) groups is 1.